The third-order valence-corrected chi connectivity index (χ3v) is 3.89. The summed E-state index contributed by atoms with van der Waals surface area (Å²) in [5.74, 6) is 1.16. The predicted octanol–water partition coefficient (Wildman–Crippen LogP) is 3.21. The molecule has 0 aliphatic heterocycles. The van der Waals surface area contributed by atoms with E-state index < -0.39 is 0 Å². The molecule has 1 aromatic rings. The third kappa shape index (κ3) is 2.76. The number of benzene rings is 1. The van der Waals surface area contributed by atoms with Gasteiger partial charge in [0, 0.05) is 30.8 Å². The summed E-state index contributed by atoms with van der Waals surface area (Å²) in [7, 11) is 3.82. The molecule has 1 fully saturated rings. The van der Waals surface area contributed by atoms with E-state index >= 15 is 0 Å². The number of nitriles is 1. The molecule has 0 bridgehead atoms. The molecule has 0 aromatic heterocycles. The fraction of sp³-hybridized carbons (Fsp3) is 0.533. The van der Waals surface area contributed by atoms with Gasteiger partial charge < -0.3 is 9.64 Å². The molecule has 1 saturated carbocycles. The Kier molecular flexibility index (Phi) is 4.09. The number of nitrogens with zero attached hydrogens (tertiary/aromatic N) is 2. The number of hydrogen-bond acceptors (Lipinski definition) is 3. The summed E-state index contributed by atoms with van der Waals surface area (Å²) in [6.07, 6.45) is 4.25. The molecule has 0 unspecified atom stereocenters. The van der Waals surface area contributed by atoms with Crippen molar-refractivity contribution in [2.45, 2.75) is 31.7 Å². The molecule has 96 valence electrons. The van der Waals surface area contributed by atoms with Gasteiger partial charge in [-0.2, -0.15) is 5.26 Å². The van der Waals surface area contributed by atoms with Crippen LogP contribution >= 0.6 is 0 Å². The maximum atomic E-state index is 8.92. The summed E-state index contributed by atoms with van der Waals surface area (Å²) in [6.45, 7) is 0. The smallest absolute Gasteiger partial charge is 0.120 e. The van der Waals surface area contributed by atoms with Gasteiger partial charge in [0.25, 0.3) is 0 Å². The minimum absolute atomic E-state index is 0.264. The minimum Gasteiger partial charge on any atom is -0.497 e. The Morgan fingerprint density at radius 2 is 2.00 bits per heavy atom. The lowest BCUT2D eigenvalue weighted by Crippen LogP contribution is -2.34. The molecular formula is C15H20N2O. The fourth-order valence-electron chi connectivity index (χ4n) is 2.63. The largest absolute Gasteiger partial charge is 0.497 e. The predicted molar refractivity (Wildman–Crippen MR) is 72.8 cm³/mol. The topological polar surface area (TPSA) is 36.3 Å². The lowest BCUT2D eigenvalue weighted by Gasteiger charge is -2.34. The van der Waals surface area contributed by atoms with Gasteiger partial charge in [0.2, 0.25) is 0 Å². The first kappa shape index (κ1) is 12.8. The Bertz CT molecular complexity index is 430. The van der Waals surface area contributed by atoms with Crippen molar-refractivity contribution in [1.29, 1.82) is 5.26 Å². The molecule has 2 rings (SSSR count). The second kappa shape index (κ2) is 5.77. The Morgan fingerprint density at radius 3 is 2.61 bits per heavy atom. The Hall–Kier alpha value is -1.69. The number of ether oxygens (including phenoxy) is 1. The van der Waals surface area contributed by atoms with E-state index in [4.69, 9.17) is 10.00 Å². The molecule has 0 radical (unpaired) electrons. The van der Waals surface area contributed by atoms with Crippen LogP contribution in [0.3, 0.4) is 0 Å². The normalized spacial score (nSPS) is 23.2. The monoisotopic (exact) mass is 244 g/mol. The van der Waals surface area contributed by atoms with Crippen LogP contribution in [0.4, 0.5) is 5.69 Å². The van der Waals surface area contributed by atoms with Gasteiger partial charge in [-0.25, -0.2) is 0 Å². The molecule has 3 heteroatoms. The highest BCUT2D eigenvalue weighted by atomic mass is 16.5. The second-order valence-corrected chi connectivity index (χ2v) is 4.95. The molecule has 18 heavy (non-hydrogen) atoms. The average Bonchev–Trinajstić information content (AvgIpc) is 2.46. The Morgan fingerprint density at radius 1 is 1.28 bits per heavy atom. The van der Waals surface area contributed by atoms with E-state index in [-0.39, 0.29) is 5.92 Å². The van der Waals surface area contributed by atoms with Crippen molar-refractivity contribution in [3.8, 4) is 11.8 Å². The van der Waals surface area contributed by atoms with E-state index in [0.29, 0.717) is 6.04 Å². The summed E-state index contributed by atoms with van der Waals surface area (Å²) in [5, 5.41) is 8.92. The molecule has 0 atom stereocenters. The van der Waals surface area contributed by atoms with Crippen molar-refractivity contribution in [1.82, 2.24) is 0 Å². The average molecular weight is 244 g/mol. The van der Waals surface area contributed by atoms with Gasteiger partial charge >= 0.3 is 0 Å². The second-order valence-electron chi connectivity index (χ2n) is 4.95. The highest BCUT2D eigenvalue weighted by Gasteiger charge is 2.24. The van der Waals surface area contributed by atoms with Crippen LogP contribution in [0.5, 0.6) is 5.75 Å². The first-order chi connectivity index (χ1) is 8.74. The summed E-state index contributed by atoms with van der Waals surface area (Å²) in [6, 6.07) is 11.1. The molecule has 0 heterocycles. The van der Waals surface area contributed by atoms with Crippen molar-refractivity contribution in [2.75, 3.05) is 19.1 Å². The molecule has 0 spiro atoms. The Balaban J connectivity index is 2.03. The minimum atomic E-state index is 0.264. The standard InChI is InChI=1S/C15H20N2O/c1-17(13-8-6-12(11-16)7-9-13)14-4-3-5-15(10-14)18-2/h3-5,10,12-13H,6-9H2,1-2H3. The summed E-state index contributed by atoms with van der Waals surface area (Å²) in [5.41, 5.74) is 1.19. The zero-order chi connectivity index (χ0) is 13.0. The first-order valence-electron chi connectivity index (χ1n) is 6.51. The van der Waals surface area contributed by atoms with Gasteiger partial charge in [-0.1, -0.05) is 6.07 Å². The van der Waals surface area contributed by atoms with E-state index in [1.807, 2.05) is 12.1 Å². The van der Waals surface area contributed by atoms with Crippen LogP contribution in [0.25, 0.3) is 0 Å². The van der Waals surface area contributed by atoms with Gasteiger partial charge in [-0.3, -0.25) is 0 Å². The number of methoxy groups -OCH3 is 1. The van der Waals surface area contributed by atoms with E-state index in [9.17, 15) is 0 Å². The number of hydrogen-bond donors (Lipinski definition) is 0. The van der Waals surface area contributed by atoms with Crippen LogP contribution in [-0.2, 0) is 0 Å². The molecule has 0 N–H and O–H groups in total. The summed E-state index contributed by atoms with van der Waals surface area (Å²) >= 11 is 0. The van der Waals surface area contributed by atoms with Crippen LogP contribution in [0.2, 0.25) is 0 Å². The van der Waals surface area contributed by atoms with Gasteiger partial charge in [0.05, 0.1) is 13.2 Å². The molecule has 1 aliphatic rings. The van der Waals surface area contributed by atoms with Crippen LogP contribution < -0.4 is 9.64 Å². The molecule has 0 saturated heterocycles. The molecule has 1 aliphatic carbocycles. The fourth-order valence-corrected chi connectivity index (χ4v) is 2.63. The zero-order valence-electron chi connectivity index (χ0n) is 11.1. The van der Waals surface area contributed by atoms with Crippen LogP contribution in [-0.4, -0.2) is 20.2 Å². The van der Waals surface area contributed by atoms with Crippen LogP contribution in [0.15, 0.2) is 24.3 Å². The lowest BCUT2D eigenvalue weighted by atomic mass is 9.86. The lowest BCUT2D eigenvalue weighted by molar-refractivity contribution is 0.372. The zero-order valence-corrected chi connectivity index (χ0v) is 11.1. The summed E-state index contributed by atoms with van der Waals surface area (Å²) < 4.78 is 5.26. The van der Waals surface area contributed by atoms with E-state index in [2.05, 4.69) is 30.1 Å². The van der Waals surface area contributed by atoms with Crippen LogP contribution in [0, 0.1) is 17.2 Å². The SMILES string of the molecule is COc1cccc(N(C)C2CCC(C#N)CC2)c1. The van der Waals surface area contributed by atoms with Crippen molar-refractivity contribution >= 4 is 5.69 Å². The molecule has 1 aromatic carbocycles. The maximum absolute atomic E-state index is 8.92. The Labute approximate surface area is 109 Å². The van der Waals surface area contributed by atoms with Crippen molar-refractivity contribution in [3.63, 3.8) is 0 Å². The molecular weight excluding hydrogens is 224 g/mol. The quantitative estimate of drug-likeness (QED) is 0.819. The highest BCUT2D eigenvalue weighted by molar-refractivity contribution is 5.51. The van der Waals surface area contributed by atoms with E-state index in [1.165, 1.54) is 5.69 Å². The third-order valence-electron chi connectivity index (χ3n) is 3.89. The van der Waals surface area contributed by atoms with Crippen LogP contribution in [0.1, 0.15) is 25.7 Å². The maximum Gasteiger partial charge on any atom is 0.120 e. The number of anilines is 1. The number of rotatable bonds is 3. The first-order valence-corrected chi connectivity index (χ1v) is 6.51. The van der Waals surface area contributed by atoms with E-state index in [1.54, 1.807) is 7.11 Å². The van der Waals surface area contributed by atoms with E-state index in [0.717, 1.165) is 31.4 Å². The van der Waals surface area contributed by atoms with Gasteiger partial charge in [-0.15, -0.1) is 0 Å². The molecule has 0 amide bonds. The van der Waals surface area contributed by atoms with Gasteiger partial charge in [-0.05, 0) is 37.8 Å². The van der Waals surface area contributed by atoms with Crippen molar-refractivity contribution in [3.05, 3.63) is 24.3 Å². The summed E-state index contributed by atoms with van der Waals surface area (Å²) in [4.78, 5) is 2.32. The van der Waals surface area contributed by atoms with Crippen molar-refractivity contribution in [2.24, 2.45) is 5.92 Å². The highest BCUT2D eigenvalue weighted by Crippen LogP contribution is 2.30. The van der Waals surface area contributed by atoms with Crippen molar-refractivity contribution < 1.29 is 4.74 Å². The van der Waals surface area contributed by atoms with Gasteiger partial charge in [0.1, 0.15) is 5.75 Å². The van der Waals surface area contributed by atoms with Gasteiger partial charge in [0.15, 0.2) is 0 Å². The molecule has 3 nitrogen and oxygen atoms in total.